The van der Waals surface area contributed by atoms with Gasteiger partial charge in [-0.25, -0.2) is 4.98 Å². The molecule has 1 heterocycles. The molecule has 1 aromatic carbocycles. The molecule has 5 nitrogen and oxygen atoms in total. The quantitative estimate of drug-likeness (QED) is 0.824. The van der Waals surface area contributed by atoms with Gasteiger partial charge in [-0.2, -0.15) is 0 Å². The number of nitrogen functional groups attached to an aromatic ring is 1. The van der Waals surface area contributed by atoms with Gasteiger partial charge in [-0.15, -0.1) is 24.8 Å². The van der Waals surface area contributed by atoms with E-state index in [9.17, 15) is 4.79 Å². The summed E-state index contributed by atoms with van der Waals surface area (Å²) in [6.45, 7) is 2.69. The molecule has 21 heavy (non-hydrogen) atoms. The third-order valence-electron chi connectivity index (χ3n) is 2.80. The Morgan fingerprint density at radius 3 is 2.57 bits per heavy atom. The number of rotatable bonds is 5. The van der Waals surface area contributed by atoms with Crippen molar-refractivity contribution < 1.29 is 4.79 Å². The highest BCUT2D eigenvalue weighted by Gasteiger charge is 2.08. The summed E-state index contributed by atoms with van der Waals surface area (Å²) in [7, 11) is 0. The SMILES string of the molecule is CC(Cn1ccnc1)NC(=O)Cc1ccc(N)cc1.Cl.Cl. The minimum Gasteiger partial charge on any atom is -0.399 e. The number of halogens is 2. The van der Waals surface area contributed by atoms with E-state index in [0.29, 0.717) is 18.7 Å². The van der Waals surface area contributed by atoms with Crippen LogP contribution in [0.2, 0.25) is 0 Å². The number of amides is 1. The van der Waals surface area contributed by atoms with Crippen molar-refractivity contribution in [2.75, 3.05) is 5.73 Å². The van der Waals surface area contributed by atoms with E-state index in [2.05, 4.69) is 10.3 Å². The standard InChI is InChI=1S/C14H18N4O.2ClH/c1-11(9-18-7-6-16-10-18)17-14(19)8-12-2-4-13(15)5-3-12;;/h2-7,10-11H,8-9,15H2,1H3,(H,17,19);2*1H. The van der Waals surface area contributed by atoms with Crippen LogP contribution in [0.1, 0.15) is 12.5 Å². The maximum Gasteiger partial charge on any atom is 0.224 e. The first-order valence-electron chi connectivity index (χ1n) is 6.23. The van der Waals surface area contributed by atoms with Crippen molar-refractivity contribution in [1.29, 1.82) is 0 Å². The molecule has 1 unspecified atom stereocenters. The zero-order chi connectivity index (χ0) is 13.7. The van der Waals surface area contributed by atoms with Crippen molar-refractivity contribution in [1.82, 2.24) is 14.9 Å². The van der Waals surface area contributed by atoms with Crippen LogP contribution in [-0.4, -0.2) is 21.5 Å². The molecule has 1 atom stereocenters. The molecule has 0 aliphatic heterocycles. The highest BCUT2D eigenvalue weighted by atomic mass is 35.5. The number of aromatic nitrogens is 2. The van der Waals surface area contributed by atoms with Gasteiger partial charge in [0.05, 0.1) is 12.7 Å². The molecule has 7 heteroatoms. The second-order valence-corrected chi connectivity index (χ2v) is 4.65. The summed E-state index contributed by atoms with van der Waals surface area (Å²) in [5.41, 5.74) is 7.27. The Kier molecular flexibility index (Phi) is 8.50. The van der Waals surface area contributed by atoms with Crippen molar-refractivity contribution in [3.8, 4) is 0 Å². The fraction of sp³-hybridized carbons (Fsp3) is 0.286. The number of nitrogens with two attached hydrogens (primary N) is 1. The third kappa shape index (κ3) is 6.51. The molecule has 0 aliphatic carbocycles. The van der Waals surface area contributed by atoms with Gasteiger partial charge in [0.1, 0.15) is 0 Å². The Labute approximate surface area is 136 Å². The number of nitrogens with one attached hydrogen (secondary N) is 1. The third-order valence-corrected chi connectivity index (χ3v) is 2.80. The molecule has 116 valence electrons. The maximum atomic E-state index is 11.9. The van der Waals surface area contributed by atoms with Gasteiger partial charge in [0.25, 0.3) is 0 Å². The van der Waals surface area contributed by atoms with E-state index in [0.717, 1.165) is 5.56 Å². The van der Waals surface area contributed by atoms with E-state index in [-0.39, 0.29) is 36.8 Å². The number of carbonyl (C=O) groups is 1. The fourth-order valence-electron chi connectivity index (χ4n) is 1.90. The van der Waals surface area contributed by atoms with Gasteiger partial charge >= 0.3 is 0 Å². The maximum absolute atomic E-state index is 11.9. The Hall–Kier alpha value is -1.72. The zero-order valence-corrected chi connectivity index (χ0v) is 13.4. The zero-order valence-electron chi connectivity index (χ0n) is 11.7. The summed E-state index contributed by atoms with van der Waals surface area (Å²) in [5, 5.41) is 2.96. The van der Waals surface area contributed by atoms with Gasteiger partial charge < -0.3 is 15.6 Å². The lowest BCUT2D eigenvalue weighted by molar-refractivity contribution is -0.121. The van der Waals surface area contributed by atoms with Gasteiger partial charge in [-0.05, 0) is 24.6 Å². The summed E-state index contributed by atoms with van der Waals surface area (Å²) in [4.78, 5) is 15.8. The number of hydrogen-bond donors (Lipinski definition) is 2. The van der Waals surface area contributed by atoms with E-state index in [4.69, 9.17) is 5.73 Å². The van der Waals surface area contributed by atoms with Crippen molar-refractivity contribution in [2.45, 2.75) is 25.9 Å². The van der Waals surface area contributed by atoms with Gasteiger partial charge in [0, 0.05) is 30.7 Å². The average Bonchev–Trinajstić information content (AvgIpc) is 2.84. The highest BCUT2D eigenvalue weighted by Crippen LogP contribution is 2.06. The number of benzene rings is 1. The predicted octanol–water partition coefficient (Wildman–Crippen LogP) is 2.06. The number of hydrogen-bond acceptors (Lipinski definition) is 3. The molecular formula is C14H20Cl2N4O. The van der Waals surface area contributed by atoms with Crippen LogP contribution >= 0.6 is 24.8 Å². The molecule has 2 aromatic rings. The van der Waals surface area contributed by atoms with Crippen LogP contribution in [0.5, 0.6) is 0 Å². The van der Waals surface area contributed by atoms with E-state index in [1.54, 1.807) is 24.7 Å². The molecule has 0 radical (unpaired) electrons. The fourth-order valence-corrected chi connectivity index (χ4v) is 1.90. The van der Waals surface area contributed by atoms with Crippen LogP contribution < -0.4 is 11.1 Å². The molecule has 0 aliphatic rings. The minimum atomic E-state index is 0. The molecular weight excluding hydrogens is 311 g/mol. The number of nitrogens with zero attached hydrogens (tertiary/aromatic N) is 2. The van der Waals surface area contributed by atoms with Crippen LogP contribution in [0.25, 0.3) is 0 Å². The first-order valence-corrected chi connectivity index (χ1v) is 6.23. The van der Waals surface area contributed by atoms with Crippen molar-refractivity contribution in [3.05, 3.63) is 48.5 Å². The number of anilines is 1. The molecule has 0 saturated carbocycles. The lowest BCUT2D eigenvalue weighted by Gasteiger charge is -2.14. The smallest absolute Gasteiger partial charge is 0.224 e. The largest absolute Gasteiger partial charge is 0.399 e. The van der Waals surface area contributed by atoms with Crippen molar-refractivity contribution in [2.24, 2.45) is 0 Å². The van der Waals surface area contributed by atoms with Gasteiger partial charge in [0.15, 0.2) is 0 Å². The Balaban J connectivity index is 0.00000200. The Morgan fingerprint density at radius 2 is 2.00 bits per heavy atom. The van der Waals surface area contributed by atoms with E-state index in [1.807, 2.05) is 29.8 Å². The summed E-state index contributed by atoms with van der Waals surface area (Å²) in [5.74, 6) is 0.0115. The molecule has 1 amide bonds. The van der Waals surface area contributed by atoms with Crippen LogP contribution in [0.3, 0.4) is 0 Å². The predicted molar refractivity (Wildman–Crippen MR) is 88.9 cm³/mol. The Bertz CT molecular complexity index is 528. The van der Waals surface area contributed by atoms with Crippen LogP contribution in [0, 0.1) is 0 Å². The summed E-state index contributed by atoms with van der Waals surface area (Å²) in [6.07, 6.45) is 5.71. The van der Waals surface area contributed by atoms with Crippen molar-refractivity contribution in [3.63, 3.8) is 0 Å². The minimum absolute atomic E-state index is 0. The molecule has 0 fully saturated rings. The average molecular weight is 331 g/mol. The van der Waals surface area contributed by atoms with Gasteiger partial charge in [-0.3, -0.25) is 4.79 Å². The summed E-state index contributed by atoms with van der Waals surface area (Å²) < 4.78 is 1.94. The second-order valence-electron chi connectivity index (χ2n) is 4.65. The molecule has 0 saturated heterocycles. The molecule has 0 spiro atoms. The normalized spacial score (nSPS) is 10.9. The first-order chi connectivity index (χ1) is 9.13. The summed E-state index contributed by atoms with van der Waals surface area (Å²) in [6, 6.07) is 7.41. The van der Waals surface area contributed by atoms with Crippen LogP contribution in [0.15, 0.2) is 43.0 Å². The molecule has 0 bridgehead atoms. The molecule has 2 rings (SSSR count). The van der Waals surface area contributed by atoms with Gasteiger partial charge in [0.2, 0.25) is 5.91 Å². The van der Waals surface area contributed by atoms with Crippen molar-refractivity contribution >= 4 is 36.4 Å². The van der Waals surface area contributed by atoms with Crippen LogP contribution in [-0.2, 0) is 17.8 Å². The monoisotopic (exact) mass is 330 g/mol. The van der Waals surface area contributed by atoms with Crippen LogP contribution in [0.4, 0.5) is 5.69 Å². The lowest BCUT2D eigenvalue weighted by atomic mass is 10.1. The summed E-state index contributed by atoms with van der Waals surface area (Å²) >= 11 is 0. The molecule has 3 N–H and O–H groups in total. The lowest BCUT2D eigenvalue weighted by Crippen LogP contribution is -2.36. The second kappa shape index (κ2) is 9.26. The number of imidazole rings is 1. The molecule has 1 aromatic heterocycles. The highest BCUT2D eigenvalue weighted by molar-refractivity contribution is 5.85. The first kappa shape index (κ1) is 19.3. The van der Waals surface area contributed by atoms with Gasteiger partial charge in [-0.1, -0.05) is 12.1 Å². The topological polar surface area (TPSA) is 72.9 Å². The number of carbonyl (C=O) groups excluding carboxylic acids is 1. The van der Waals surface area contributed by atoms with E-state index >= 15 is 0 Å². The van der Waals surface area contributed by atoms with E-state index < -0.39 is 0 Å². The Morgan fingerprint density at radius 1 is 1.33 bits per heavy atom. The van der Waals surface area contributed by atoms with E-state index in [1.165, 1.54) is 0 Å².